The molecule has 0 N–H and O–H groups in total. The Bertz CT molecular complexity index is 265. The Hall–Kier alpha value is -0.560. The largest absolute Gasteiger partial charge is 0.0985 e. The SMILES string of the molecule is C=Cc1ccccc1C(Br)CC. The fraction of sp³-hybridized carbons (Fsp3) is 0.273. The minimum atomic E-state index is 0.451. The summed E-state index contributed by atoms with van der Waals surface area (Å²) in [7, 11) is 0. The molecule has 0 bridgehead atoms. The van der Waals surface area contributed by atoms with Crippen molar-refractivity contribution < 1.29 is 0 Å². The van der Waals surface area contributed by atoms with Crippen molar-refractivity contribution in [1.82, 2.24) is 0 Å². The molecule has 0 saturated heterocycles. The van der Waals surface area contributed by atoms with Gasteiger partial charge in [-0.05, 0) is 17.5 Å². The molecule has 0 aliphatic rings. The second-order valence-electron chi connectivity index (χ2n) is 2.71. The molecule has 1 aromatic rings. The third kappa shape index (κ3) is 1.98. The zero-order chi connectivity index (χ0) is 8.97. The van der Waals surface area contributed by atoms with Crippen molar-refractivity contribution >= 4 is 22.0 Å². The molecule has 1 atom stereocenters. The van der Waals surface area contributed by atoms with Gasteiger partial charge in [0.1, 0.15) is 0 Å². The summed E-state index contributed by atoms with van der Waals surface area (Å²) >= 11 is 3.63. The maximum Gasteiger partial charge on any atom is 0.0398 e. The van der Waals surface area contributed by atoms with Crippen LogP contribution in [-0.4, -0.2) is 0 Å². The van der Waals surface area contributed by atoms with Crippen molar-refractivity contribution in [2.45, 2.75) is 18.2 Å². The Morgan fingerprint density at radius 1 is 1.50 bits per heavy atom. The van der Waals surface area contributed by atoms with Crippen LogP contribution in [0.2, 0.25) is 0 Å². The number of hydrogen-bond acceptors (Lipinski definition) is 0. The van der Waals surface area contributed by atoms with E-state index in [4.69, 9.17) is 0 Å². The van der Waals surface area contributed by atoms with Crippen LogP contribution < -0.4 is 0 Å². The predicted octanol–water partition coefficient (Wildman–Crippen LogP) is 4.18. The van der Waals surface area contributed by atoms with Gasteiger partial charge < -0.3 is 0 Å². The summed E-state index contributed by atoms with van der Waals surface area (Å²) in [5, 5.41) is 0. The second-order valence-corrected chi connectivity index (χ2v) is 3.81. The minimum absolute atomic E-state index is 0.451. The molecule has 0 fully saturated rings. The van der Waals surface area contributed by atoms with E-state index in [-0.39, 0.29) is 0 Å². The molecule has 0 amide bonds. The van der Waals surface area contributed by atoms with Gasteiger partial charge in [-0.15, -0.1) is 0 Å². The van der Waals surface area contributed by atoms with E-state index < -0.39 is 0 Å². The molecular weight excluding hydrogens is 212 g/mol. The number of halogens is 1. The summed E-state index contributed by atoms with van der Waals surface area (Å²) in [4.78, 5) is 0.451. The van der Waals surface area contributed by atoms with Gasteiger partial charge >= 0.3 is 0 Å². The smallest absolute Gasteiger partial charge is 0.0398 e. The normalized spacial score (nSPS) is 12.5. The third-order valence-electron chi connectivity index (χ3n) is 1.91. The highest BCUT2D eigenvalue weighted by molar-refractivity contribution is 9.09. The van der Waals surface area contributed by atoms with E-state index in [0.717, 1.165) is 6.42 Å². The van der Waals surface area contributed by atoms with Crippen LogP contribution in [0.5, 0.6) is 0 Å². The maximum absolute atomic E-state index is 3.79. The first-order valence-electron chi connectivity index (χ1n) is 4.15. The number of hydrogen-bond donors (Lipinski definition) is 0. The van der Waals surface area contributed by atoms with E-state index in [9.17, 15) is 0 Å². The van der Waals surface area contributed by atoms with Crippen molar-refractivity contribution in [2.24, 2.45) is 0 Å². The van der Waals surface area contributed by atoms with Gasteiger partial charge in [0.05, 0.1) is 0 Å². The lowest BCUT2D eigenvalue weighted by atomic mass is 10.0. The molecule has 0 radical (unpaired) electrons. The fourth-order valence-corrected chi connectivity index (χ4v) is 1.62. The highest BCUT2D eigenvalue weighted by atomic mass is 79.9. The molecule has 0 aromatic heterocycles. The highest BCUT2D eigenvalue weighted by Crippen LogP contribution is 2.28. The van der Waals surface area contributed by atoms with Crippen LogP contribution in [-0.2, 0) is 0 Å². The average molecular weight is 225 g/mol. The Kier molecular flexibility index (Phi) is 3.54. The molecule has 1 unspecified atom stereocenters. The average Bonchev–Trinajstić information content (AvgIpc) is 2.16. The lowest BCUT2D eigenvalue weighted by Gasteiger charge is -2.09. The summed E-state index contributed by atoms with van der Waals surface area (Å²) in [5.74, 6) is 0. The monoisotopic (exact) mass is 224 g/mol. The summed E-state index contributed by atoms with van der Waals surface area (Å²) in [6, 6.07) is 8.33. The molecule has 1 heteroatoms. The van der Waals surface area contributed by atoms with Gasteiger partial charge in [0, 0.05) is 4.83 Å². The summed E-state index contributed by atoms with van der Waals surface area (Å²) < 4.78 is 0. The molecule has 0 heterocycles. The molecule has 1 rings (SSSR count). The second kappa shape index (κ2) is 4.46. The van der Waals surface area contributed by atoms with Gasteiger partial charge in [0.15, 0.2) is 0 Å². The van der Waals surface area contributed by atoms with Gasteiger partial charge in [-0.1, -0.05) is 59.8 Å². The molecule has 1 aromatic carbocycles. The quantitative estimate of drug-likeness (QED) is 0.677. The van der Waals surface area contributed by atoms with Crippen LogP contribution in [0.3, 0.4) is 0 Å². The first-order valence-corrected chi connectivity index (χ1v) is 5.06. The van der Waals surface area contributed by atoms with E-state index >= 15 is 0 Å². The van der Waals surface area contributed by atoms with Crippen LogP contribution >= 0.6 is 15.9 Å². The van der Waals surface area contributed by atoms with E-state index in [2.05, 4.69) is 47.6 Å². The van der Waals surface area contributed by atoms with Crippen LogP contribution in [0.4, 0.5) is 0 Å². The van der Waals surface area contributed by atoms with Crippen LogP contribution in [0.15, 0.2) is 30.8 Å². The summed E-state index contributed by atoms with van der Waals surface area (Å²) in [6.07, 6.45) is 3.00. The molecule has 0 aliphatic heterocycles. The van der Waals surface area contributed by atoms with Crippen molar-refractivity contribution in [2.75, 3.05) is 0 Å². The van der Waals surface area contributed by atoms with Gasteiger partial charge in [-0.3, -0.25) is 0 Å². The first-order chi connectivity index (χ1) is 5.79. The van der Waals surface area contributed by atoms with Crippen molar-refractivity contribution in [3.63, 3.8) is 0 Å². The minimum Gasteiger partial charge on any atom is -0.0985 e. The number of benzene rings is 1. The molecule has 0 aliphatic carbocycles. The Morgan fingerprint density at radius 2 is 2.17 bits per heavy atom. The molecule has 12 heavy (non-hydrogen) atoms. The Balaban J connectivity index is 3.04. The lowest BCUT2D eigenvalue weighted by molar-refractivity contribution is 0.909. The lowest BCUT2D eigenvalue weighted by Crippen LogP contribution is -1.90. The summed E-state index contributed by atoms with van der Waals surface area (Å²) in [5.41, 5.74) is 2.55. The van der Waals surface area contributed by atoms with E-state index in [1.54, 1.807) is 0 Å². The maximum atomic E-state index is 3.79. The topological polar surface area (TPSA) is 0 Å². The van der Waals surface area contributed by atoms with E-state index in [0.29, 0.717) is 4.83 Å². The van der Waals surface area contributed by atoms with Gasteiger partial charge in [-0.2, -0.15) is 0 Å². The third-order valence-corrected chi connectivity index (χ3v) is 3.05. The highest BCUT2D eigenvalue weighted by Gasteiger charge is 2.06. The van der Waals surface area contributed by atoms with Crippen molar-refractivity contribution in [1.29, 1.82) is 0 Å². The van der Waals surface area contributed by atoms with E-state index in [1.807, 2.05) is 12.1 Å². The molecule has 0 nitrogen and oxygen atoms in total. The van der Waals surface area contributed by atoms with Crippen LogP contribution in [0, 0.1) is 0 Å². The van der Waals surface area contributed by atoms with Gasteiger partial charge in [0.2, 0.25) is 0 Å². The molecule has 64 valence electrons. The van der Waals surface area contributed by atoms with Crippen molar-refractivity contribution in [3.05, 3.63) is 42.0 Å². The van der Waals surface area contributed by atoms with E-state index in [1.165, 1.54) is 11.1 Å². The Morgan fingerprint density at radius 3 is 2.75 bits per heavy atom. The Labute approximate surface area is 82.4 Å². The number of rotatable bonds is 3. The zero-order valence-corrected chi connectivity index (χ0v) is 8.84. The molecule has 0 saturated carbocycles. The van der Waals surface area contributed by atoms with Gasteiger partial charge in [-0.25, -0.2) is 0 Å². The molecular formula is C11H13Br. The molecule has 0 spiro atoms. The predicted molar refractivity (Wildman–Crippen MR) is 58.5 cm³/mol. The van der Waals surface area contributed by atoms with Crippen molar-refractivity contribution in [3.8, 4) is 0 Å². The van der Waals surface area contributed by atoms with Crippen LogP contribution in [0.1, 0.15) is 29.3 Å². The first kappa shape index (κ1) is 9.53. The van der Waals surface area contributed by atoms with Gasteiger partial charge in [0.25, 0.3) is 0 Å². The fourth-order valence-electron chi connectivity index (χ4n) is 1.20. The standard InChI is InChI=1S/C11H13Br/c1-3-9-7-5-6-8-10(9)11(12)4-2/h3,5-8,11H,1,4H2,2H3. The van der Waals surface area contributed by atoms with Crippen LogP contribution in [0.25, 0.3) is 6.08 Å². The zero-order valence-electron chi connectivity index (χ0n) is 7.26. The number of alkyl halides is 1. The summed E-state index contributed by atoms with van der Waals surface area (Å²) in [6.45, 7) is 5.95.